The molecule has 0 aliphatic carbocycles. The first-order chi connectivity index (χ1) is 16.1. The fraction of sp³-hybridized carbons (Fsp3) is 0.130. The molecule has 11 heteroatoms. The molecule has 0 spiro atoms. The third-order valence-corrected chi connectivity index (χ3v) is 5.02. The third-order valence-electron chi connectivity index (χ3n) is 5.02. The molecule has 0 atom stereocenters. The molecule has 3 N–H and O–H groups in total. The number of aromatic amines is 1. The molecule has 2 heterocycles. The molecular weight excluding hydrogens is 451 g/mol. The van der Waals surface area contributed by atoms with E-state index in [1.54, 1.807) is 36.4 Å². The van der Waals surface area contributed by atoms with Gasteiger partial charge in [-0.05, 0) is 24.6 Å². The van der Waals surface area contributed by atoms with Crippen molar-refractivity contribution in [1.82, 2.24) is 14.6 Å². The number of benzene rings is 2. The van der Waals surface area contributed by atoms with Gasteiger partial charge in [-0.2, -0.15) is 22.8 Å². The molecule has 8 nitrogen and oxygen atoms in total. The Hall–Kier alpha value is -4.41. The first-order valence-corrected chi connectivity index (χ1v) is 10.0. The van der Waals surface area contributed by atoms with Crippen LogP contribution in [0.5, 0.6) is 0 Å². The van der Waals surface area contributed by atoms with Crippen molar-refractivity contribution < 1.29 is 22.8 Å². The van der Waals surface area contributed by atoms with Crippen molar-refractivity contribution in [1.29, 1.82) is 0 Å². The minimum absolute atomic E-state index is 0.0535. The van der Waals surface area contributed by atoms with E-state index >= 15 is 0 Å². The number of halogens is 3. The van der Waals surface area contributed by atoms with Gasteiger partial charge in [0, 0.05) is 12.6 Å². The molecule has 4 aromatic rings. The monoisotopic (exact) mass is 469 g/mol. The van der Waals surface area contributed by atoms with E-state index in [0.29, 0.717) is 10.2 Å². The molecule has 0 saturated carbocycles. The lowest BCUT2D eigenvalue weighted by atomic mass is 10.1. The van der Waals surface area contributed by atoms with Crippen LogP contribution in [0.4, 0.5) is 24.5 Å². The molecule has 0 unspecified atom stereocenters. The standard InChI is InChI=1S/C23H18F3N5O3/c1-12-17(21(33)29-16-11-7-6-10-15(16)28-13(2)32)22(34)31-20(27-12)18(14-8-4-3-5-9-14)19(30-31)23(24,25)26/h3-11,27H,1-2H3,(H,28,32)(H,29,33). The number of aromatic nitrogens is 3. The number of alkyl halides is 3. The van der Waals surface area contributed by atoms with Gasteiger partial charge >= 0.3 is 6.18 Å². The SMILES string of the molecule is CC(=O)Nc1ccccc1NC(=O)c1c(C)[nH]c2c(-c3ccccc3)c(C(F)(F)F)nn2c1=O. The zero-order chi connectivity index (χ0) is 24.6. The van der Waals surface area contributed by atoms with Crippen molar-refractivity contribution in [2.24, 2.45) is 0 Å². The number of fused-ring (bicyclic) bond motifs is 1. The highest BCUT2D eigenvalue weighted by atomic mass is 19.4. The molecule has 0 aliphatic rings. The highest BCUT2D eigenvalue weighted by Gasteiger charge is 2.39. The van der Waals surface area contributed by atoms with Gasteiger partial charge in [0.15, 0.2) is 5.69 Å². The summed E-state index contributed by atoms with van der Waals surface area (Å²) in [6.45, 7) is 2.70. The fourth-order valence-corrected chi connectivity index (χ4v) is 3.61. The van der Waals surface area contributed by atoms with E-state index in [1.165, 1.54) is 32.0 Å². The zero-order valence-electron chi connectivity index (χ0n) is 17.9. The Bertz CT molecular complexity index is 1470. The highest BCUT2D eigenvalue weighted by molar-refractivity contribution is 6.07. The van der Waals surface area contributed by atoms with Gasteiger partial charge in [0.2, 0.25) is 5.91 Å². The van der Waals surface area contributed by atoms with Crippen LogP contribution in [0.25, 0.3) is 16.8 Å². The van der Waals surface area contributed by atoms with Crippen LogP contribution in [0.2, 0.25) is 0 Å². The third kappa shape index (κ3) is 4.15. The summed E-state index contributed by atoms with van der Waals surface area (Å²) in [6, 6.07) is 14.0. The Morgan fingerprint density at radius 3 is 2.15 bits per heavy atom. The van der Waals surface area contributed by atoms with E-state index in [9.17, 15) is 27.6 Å². The summed E-state index contributed by atoms with van der Waals surface area (Å²) in [4.78, 5) is 40.3. The van der Waals surface area contributed by atoms with Crippen LogP contribution in [-0.2, 0) is 11.0 Å². The van der Waals surface area contributed by atoms with E-state index < -0.39 is 28.9 Å². The molecule has 0 fully saturated rings. The number of rotatable bonds is 4. The second-order valence-electron chi connectivity index (χ2n) is 7.46. The molecule has 2 aromatic carbocycles. The average molecular weight is 469 g/mol. The smallest absolute Gasteiger partial charge is 0.342 e. The van der Waals surface area contributed by atoms with Crippen molar-refractivity contribution in [2.45, 2.75) is 20.0 Å². The number of nitrogens with zero attached hydrogens (tertiary/aromatic N) is 2. The highest BCUT2D eigenvalue weighted by Crippen LogP contribution is 2.38. The lowest BCUT2D eigenvalue weighted by Gasteiger charge is -2.12. The van der Waals surface area contributed by atoms with Gasteiger partial charge in [-0.15, -0.1) is 0 Å². The van der Waals surface area contributed by atoms with E-state index in [2.05, 4.69) is 20.7 Å². The summed E-state index contributed by atoms with van der Waals surface area (Å²) in [5.74, 6) is -1.24. The van der Waals surface area contributed by atoms with Crippen LogP contribution >= 0.6 is 0 Å². The van der Waals surface area contributed by atoms with Gasteiger partial charge < -0.3 is 15.6 Å². The first-order valence-electron chi connectivity index (χ1n) is 10.0. The summed E-state index contributed by atoms with van der Waals surface area (Å²) >= 11 is 0. The summed E-state index contributed by atoms with van der Waals surface area (Å²) in [5, 5.41) is 8.60. The quantitative estimate of drug-likeness (QED) is 0.416. The van der Waals surface area contributed by atoms with E-state index in [-0.39, 0.29) is 34.1 Å². The number of hydrogen-bond donors (Lipinski definition) is 3. The number of nitrogens with one attached hydrogen (secondary N) is 3. The van der Waals surface area contributed by atoms with Gasteiger partial charge in [-0.3, -0.25) is 14.4 Å². The number of hydrogen-bond acceptors (Lipinski definition) is 4. The number of aryl methyl sites for hydroxylation is 1. The number of carbonyl (C=O) groups is 2. The predicted octanol–water partition coefficient (Wildman–Crippen LogP) is 4.23. The van der Waals surface area contributed by atoms with Gasteiger partial charge in [0.1, 0.15) is 11.2 Å². The van der Waals surface area contributed by atoms with E-state index in [0.717, 1.165) is 0 Å². The zero-order valence-corrected chi connectivity index (χ0v) is 17.9. The summed E-state index contributed by atoms with van der Waals surface area (Å²) in [5.41, 5.74) is -2.40. The predicted molar refractivity (Wildman–Crippen MR) is 120 cm³/mol. The Kier molecular flexibility index (Phi) is 5.70. The maximum Gasteiger partial charge on any atom is 0.435 e. The lowest BCUT2D eigenvalue weighted by Crippen LogP contribution is -2.29. The second-order valence-corrected chi connectivity index (χ2v) is 7.46. The van der Waals surface area contributed by atoms with Crippen LogP contribution in [-0.4, -0.2) is 26.4 Å². The molecule has 4 rings (SSSR count). The van der Waals surface area contributed by atoms with Crippen molar-refractivity contribution in [2.75, 3.05) is 10.6 Å². The molecule has 174 valence electrons. The number of para-hydroxylation sites is 2. The van der Waals surface area contributed by atoms with Crippen molar-refractivity contribution >= 4 is 28.8 Å². The summed E-state index contributed by atoms with van der Waals surface area (Å²) in [7, 11) is 0. The molecule has 0 aliphatic heterocycles. The first kappa shape index (κ1) is 22.8. The molecule has 0 saturated heterocycles. The van der Waals surface area contributed by atoms with Gasteiger partial charge in [0.05, 0.1) is 16.9 Å². The van der Waals surface area contributed by atoms with Crippen LogP contribution in [0.15, 0.2) is 59.4 Å². The number of anilines is 2. The molecule has 0 bridgehead atoms. The Labute approximate surface area is 190 Å². The van der Waals surface area contributed by atoms with Crippen molar-refractivity contribution in [3.05, 3.63) is 81.9 Å². The largest absolute Gasteiger partial charge is 0.435 e. The Balaban J connectivity index is 1.86. The fourth-order valence-electron chi connectivity index (χ4n) is 3.61. The Morgan fingerprint density at radius 2 is 1.56 bits per heavy atom. The number of carbonyl (C=O) groups excluding carboxylic acids is 2. The van der Waals surface area contributed by atoms with Gasteiger partial charge in [-0.1, -0.05) is 42.5 Å². The molecule has 0 radical (unpaired) electrons. The maximum atomic E-state index is 13.8. The molecule has 2 aromatic heterocycles. The molecule has 2 amide bonds. The van der Waals surface area contributed by atoms with Crippen molar-refractivity contribution in [3.63, 3.8) is 0 Å². The lowest BCUT2D eigenvalue weighted by molar-refractivity contribution is -0.140. The average Bonchev–Trinajstić information content (AvgIpc) is 3.15. The minimum atomic E-state index is -4.84. The van der Waals surface area contributed by atoms with E-state index in [4.69, 9.17) is 0 Å². The van der Waals surface area contributed by atoms with Crippen LogP contribution in [0.3, 0.4) is 0 Å². The van der Waals surface area contributed by atoms with Crippen molar-refractivity contribution in [3.8, 4) is 11.1 Å². The Morgan fingerprint density at radius 1 is 0.971 bits per heavy atom. The normalized spacial score (nSPS) is 11.4. The number of amides is 2. The van der Waals surface area contributed by atoms with E-state index in [1.807, 2.05) is 0 Å². The maximum absolute atomic E-state index is 13.8. The van der Waals surface area contributed by atoms with Crippen LogP contribution in [0, 0.1) is 6.92 Å². The molecular formula is C23H18F3N5O3. The van der Waals surface area contributed by atoms with Crippen LogP contribution < -0.4 is 16.2 Å². The minimum Gasteiger partial charge on any atom is -0.342 e. The molecule has 34 heavy (non-hydrogen) atoms. The summed E-state index contributed by atoms with van der Waals surface area (Å²) in [6.07, 6.45) is -4.84. The van der Waals surface area contributed by atoms with Crippen LogP contribution in [0.1, 0.15) is 28.7 Å². The second kappa shape index (κ2) is 8.50. The number of H-pyrrole nitrogens is 1. The topological polar surface area (TPSA) is 108 Å². The summed E-state index contributed by atoms with van der Waals surface area (Å²) < 4.78 is 41.9. The van der Waals surface area contributed by atoms with Gasteiger partial charge in [-0.25, -0.2) is 0 Å². The van der Waals surface area contributed by atoms with Gasteiger partial charge in [0.25, 0.3) is 11.5 Å².